The molecule has 162 valence electrons. The number of anilines is 1. The van der Waals surface area contributed by atoms with Crippen molar-refractivity contribution in [2.75, 3.05) is 25.1 Å². The topological polar surface area (TPSA) is 103 Å². The van der Waals surface area contributed by atoms with Crippen molar-refractivity contribution in [3.05, 3.63) is 45.7 Å². The van der Waals surface area contributed by atoms with Gasteiger partial charge in [-0.1, -0.05) is 17.7 Å². The van der Waals surface area contributed by atoms with E-state index in [4.69, 9.17) is 11.6 Å². The monoisotopic (exact) mass is 461 g/mol. The smallest absolute Gasteiger partial charge is 0.310 e. The number of piperidine rings is 1. The van der Waals surface area contributed by atoms with Crippen molar-refractivity contribution >= 4 is 52.5 Å². The third-order valence-corrected chi connectivity index (χ3v) is 6.31. The summed E-state index contributed by atoms with van der Waals surface area (Å²) in [5.41, 5.74) is 0. The number of pyridine rings is 1. The van der Waals surface area contributed by atoms with Gasteiger partial charge in [-0.25, -0.2) is 14.7 Å². The molecule has 4 heterocycles. The second-order valence-electron chi connectivity index (χ2n) is 7.39. The van der Waals surface area contributed by atoms with Gasteiger partial charge >= 0.3 is 17.8 Å². The van der Waals surface area contributed by atoms with Crippen molar-refractivity contribution in [3.8, 4) is 0 Å². The molecule has 4 rings (SSSR count). The number of nitrogens with zero attached hydrogens (tertiary/aromatic N) is 4. The molecule has 1 atom stereocenters. The van der Waals surface area contributed by atoms with Crippen LogP contribution in [0.3, 0.4) is 0 Å². The Morgan fingerprint density at radius 2 is 2.00 bits per heavy atom. The molecule has 0 aliphatic carbocycles. The van der Waals surface area contributed by atoms with E-state index in [0.29, 0.717) is 30.4 Å². The average Bonchev–Trinajstić information content (AvgIpc) is 3.35. The zero-order chi connectivity index (χ0) is 22.0. The van der Waals surface area contributed by atoms with Gasteiger partial charge in [-0.3, -0.25) is 24.2 Å². The first-order chi connectivity index (χ1) is 14.9. The van der Waals surface area contributed by atoms with Crippen molar-refractivity contribution in [1.82, 2.24) is 19.7 Å². The zero-order valence-corrected chi connectivity index (χ0v) is 18.1. The third kappa shape index (κ3) is 4.76. The summed E-state index contributed by atoms with van der Waals surface area (Å²) in [5, 5.41) is 5.09. The minimum Gasteiger partial charge on any atom is -0.310 e. The van der Waals surface area contributed by atoms with Crippen molar-refractivity contribution in [1.29, 1.82) is 0 Å². The molecule has 9 nitrogen and oxygen atoms in total. The lowest BCUT2D eigenvalue weighted by atomic mass is 9.97. The summed E-state index contributed by atoms with van der Waals surface area (Å²) >= 11 is 7.23. The van der Waals surface area contributed by atoms with Crippen LogP contribution in [-0.2, 0) is 20.9 Å². The minimum absolute atomic E-state index is 0.0205. The third-order valence-electron chi connectivity index (χ3n) is 5.23. The first kappa shape index (κ1) is 21.4. The number of rotatable bonds is 6. The molecule has 11 heteroatoms. The summed E-state index contributed by atoms with van der Waals surface area (Å²) in [5.74, 6) is -1.76. The second kappa shape index (κ2) is 9.13. The molecule has 1 N–H and O–H groups in total. The van der Waals surface area contributed by atoms with Crippen LogP contribution in [0, 0.1) is 5.92 Å². The predicted molar refractivity (Wildman–Crippen MR) is 114 cm³/mol. The van der Waals surface area contributed by atoms with E-state index in [0.717, 1.165) is 21.1 Å². The number of nitrogens with one attached hydrogen (secondary N) is 1. The molecule has 2 aliphatic rings. The van der Waals surface area contributed by atoms with Gasteiger partial charge < -0.3 is 5.32 Å². The van der Waals surface area contributed by atoms with E-state index in [1.54, 1.807) is 12.1 Å². The molecule has 5 amide bonds. The zero-order valence-electron chi connectivity index (χ0n) is 16.5. The lowest BCUT2D eigenvalue weighted by Crippen LogP contribution is -2.48. The molecular weight excluding hydrogens is 442 g/mol. The Kier molecular flexibility index (Phi) is 6.30. The number of thiophene rings is 1. The van der Waals surface area contributed by atoms with Gasteiger partial charge in [0.2, 0.25) is 5.91 Å². The van der Waals surface area contributed by atoms with E-state index in [1.807, 2.05) is 22.4 Å². The van der Waals surface area contributed by atoms with Crippen LogP contribution in [-0.4, -0.2) is 63.2 Å². The van der Waals surface area contributed by atoms with Gasteiger partial charge in [-0.05, 0) is 43.0 Å². The normalized spacial score (nSPS) is 19.9. The van der Waals surface area contributed by atoms with Crippen LogP contribution in [0.5, 0.6) is 0 Å². The molecule has 0 radical (unpaired) electrons. The number of likely N-dealkylation sites (tertiary alicyclic amines) is 1. The quantitative estimate of drug-likeness (QED) is 0.523. The van der Waals surface area contributed by atoms with E-state index in [9.17, 15) is 19.2 Å². The fraction of sp³-hybridized carbons (Fsp3) is 0.350. The maximum absolute atomic E-state index is 12.7. The molecule has 2 aromatic heterocycles. The second-order valence-corrected chi connectivity index (χ2v) is 8.86. The van der Waals surface area contributed by atoms with Crippen molar-refractivity contribution < 1.29 is 19.2 Å². The van der Waals surface area contributed by atoms with Crippen LogP contribution in [0.2, 0.25) is 5.02 Å². The van der Waals surface area contributed by atoms with Gasteiger partial charge in [0.25, 0.3) is 0 Å². The molecule has 0 spiro atoms. The van der Waals surface area contributed by atoms with Crippen molar-refractivity contribution in [3.63, 3.8) is 0 Å². The lowest BCUT2D eigenvalue weighted by molar-refractivity contribution is -0.144. The summed E-state index contributed by atoms with van der Waals surface area (Å²) < 4.78 is 0. The first-order valence-electron chi connectivity index (χ1n) is 9.77. The number of halogens is 1. The van der Waals surface area contributed by atoms with E-state index in [-0.39, 0.29) is 25.0 Å². The number of carbonyl (C=O) groups excluding carboxylic acids is 4. The Morgan fingerprint density at radius 3 is 2.71 bits per heavy atom. The molecular formula is C20H20ClN5O4S. The number of hydrogen-bond donors (Lipinski definition) is 1. The summed E-state index contributed by atoms with van der Waals surface area (Å²) in [4.78, 5) is 58.7. The highest BCUT2D eigenvalue weighted by molar-refractivity contribution is 7.09. The Bertz CT molecular complexity index is 998. The van der Waals surface area contributed by atoms with Gasteiger partial charge in [0.15, 0.2) is 0 Å². The van der Waals surface area contributed by atoms with E-state index in [2.05, 4.69) is 10.3 Å². The van der Waals surface area contributed by atoms with Crippen LogP contribution >= 0.6 is 22.9 Å². The van der Waals surface area contributed by atoms with E-state index >= 15 is 0 Å². The van der Waals surface area contributed by atoms with Crippen molar-refractivity contribution in [2.24, 2.45) is 5.92 Å². The number of hydrogen-bond acceptors (Lipinski definition) is 7. The van der Waals surface area contributed by atoms with Crippen LogP contribution < -0.4 is 5.32 Å². The molecule has 2 fully saturated rings. The summed E-state index contributed by atoms with van der Waals surface area (Å²) in [7, 11) is 0. The largest absolute Gasteiger partial charge is 0.335 e. The summed E-state index contributed by atoms with van der Waals surface area (Å²) in [6.07, 6.45) is 2.87. The van der Waals surface area contributed by atoms with Gasteiger partial charge in [0.05, 0.1) is 24.2 Å². The number of amides is 5. The van der Waals surface area contributed by atoms with Crippen LogP contribution in [0.4, 0.5) is 10.6 Å². The molecule has 0 saturated carbocycles. The van der Waals surface area contributed by atoms with E-state index < -0.39 is 17.8 Å². The molecule has 2 aromatic rings. The first-order valence-corrected chi connectivity index (χ1v) is 11.0. The molecule has 2 saturated heterocycles. The minimum atomic E-state index is -0.835. The lowest BCUT2D eigenvalue weighted by Gasteiger charge is -2.33. The SMILES string of the molecule is O=C(Nc1ccc(Cl)cn1)C1CCCN(CN2C(=O)C(=O)N(Cc3cccs3)C2=O)C1. The number of urea groups is 1. The Hall–Kier alpha value is -2.82. The summed E-state index contributed by atoms with van der Waals surface area (Å²) in [6, 6.07) is 6.27. The summed E-state index contributed by atoms with van der Waals surface area (Å²) in [6.45, 7) is 1.05. The number of aromatic nitrogens is 1. The molecule has 1 unspecified atom stereocenters. The maximum atomic E-state index is 12.7. The molecule has 2 aliphatic heterocycles. The Morgan fingerprint density at radius 1 is 1.19 bits per heavy atom. The average molecular weight is 462 g/mol. The molecule has 31 heavy (non-hydrogen) atoms. The maximum Gasteiger partial charge on any atom is 0.335 e. The molecule has 0 bridgehead atoms. The van der Waals surface area contributed by atoms with Crippen LogP contribution in [0.1, 0.15) is 17.7 Å². The highest BCUT2D eigenvalue weighted by Crippen LogP contribution is 2.22. The van der Waals surface area contributed by atoms with Gasteiger partial charge in [-0.15, -0.1) is 11.3 Å². The highest BCUT2D eigenvalue weighted by Gasteiger charge is 2.45. The van der Waals surface area contributed by atoms with E-state index in [1.165, 1.54) is 17.5 Å². The van der Waals surface area contributed by atoms with Gasteiger partial charge in [-0.2, -0.15) is 0 Å². The van der Waals surface area contributed by atoms with Gasteiger partial charge in [0, 0.05) is 17.6 Å². The van der Waals surface area contributed by atoms with Gasteiger partial charge in [0.1, 0.15) is 5.82 Å². The van der Waals surface area contributed by atoms with Crippen molar-refractivity contribution in [2.45, 2.75) is 19.4 Å². The Labute approximate surface area is 187 Å². The Balaban J connectivity index is 1.36. The number of carbonyl (C=O) groups is 4. The van der Waals surface area contributed by atoms with Crippen LogP contribution in [0.15, 0.2) is 35.8 Å². The number of imide groups is 2. The predicted octanol–water partition coefficient (Wildman–Crippen LogP) is 2.40. The standard InChI is InChI=1S/C20H20ClN5O4S/c21-14-5-6-16(22-9-14)23-17(27)13-3-1-7-24(10-13)12-26-19(29)18(28)25(20(26)30)11-15-4-2-8-31-15/h2,4-6,8-9,13H,1,3,7,10-12H2,(H,22,23,27). The highest BCUT2D eigenvalue weighted by atomic mass is 35.5. The fourth-order valence-corrected chi connectivity index (χ4v) is 4.45. The van der Waals surface area contributed by atoms with Crippen LogP contribution in [0.25, 0.3) is 0 Å². The fourth-order valence-electron chi connectivity index (χ4n) is 3.65. The molecule has 0 aromatic carbocycles.